The number of allylic oxidation sites excluding steroid dienone is 2. The third-order valence-electron chi connectivity index (χ3n) is 7.19. The van der Waals surface area contributed by atoms with Gasteiger partial charge in [-0.15, -0.1) is 0 Å². The van der Waals surface area contributed by atoms with Crippen LogP contribution in [0.5, 0.6) is 11.5 Å². The number of benzene rings is 3. The van der Waals surface area contributed by atoms with E-state index in [2.05, 4.69) is 127 Å². The van der Waals surface area contributed by atoms with Crippen molar-refractivity contribution >= 4 is 0 Å². The Bertz CT molecular complexity index is 1180. The lowest BCUT2D eigenvalue weighted by Gasteiger charge is -2.36. The summed E-state index contributed by atoms with van der Waals surface area (Å²) in [5.74, 6) is 2.96. The number of hydrogen-bond acceptors (Lipinski definition) is 2. The summed E-state index contributed by atoms with van der Waals surface area (Å²) in [5, 5.41) is 0. The van der Waals surface area contributed by atoms with Crippen LogP contribution < -0.4 is 9.47 Å². The second-order valence-electron chi connectivity index (χ2n) is 12.4. The Morgan fingerprint density at radius 1 is 0.676 bits per heavy atom. The molecule has 0 aliphatic heterocycles. The van der Waals surface area contributed by atoms with Gasteiger partial charge in [-0.05, 0) is 93.0 Å². The summed E-state index contributed by atoms with van der Waals surface area (Å²) in [6, 6.07) is 28.5. The molecule has 1 unspecified atom stereocenters. The summed E-state index contributed by atoms with van der Waals surface area (Å²) in [4.78, 5) is 0. The smallest absolute Gasteiger partial charge is 0.126 e. The van der Waals surface area contributed by atoms with E-state index < -0.39 is 0 Å². The van der Waals surface area contributed by atoms with Crippen LogP contribution in [0.1, 0.15) is 97.3 Å². The van der Waals surface area contributed by atoms with Gasteiger partial charge in [0.15, 0.2) is 0 Å². The molecule has 0 aromatic heterocycles. The van der Waals surface area contributed by atoms with Crippen LogP contribution in [-0.2, 0) is 5.41 Å². The molecule has 0 radical (unpaired) electrons. The summed E-state index contributed by atoms with van der Waals surface area (Å²) in [6.45, 7) is 15.3. The molecule has 0 heterocycles. The second-order valence-corrected chi connectivity index (χ2v) is 12.4. The first-order valence-electron chi connectivity index (χ1n) is 13.9. The fourth-order valence-corrected chi connectivity index (χ4v) is 5.45. The minimum atomic E-state index is -0.256. The van der Waals surface area contributed by atoms with Crippen LogP contribution >= 0.6 is 0 Å². The highest BCUT2D eigenvalue weighted by molar-refractivity contribution is 5.52. The highest BCUT2D eigenvalue weighted by Crippen LogP contribution is 2.45. The Labute approximate surface area is 224 Å². The molecule has 0 saturated heterocycles. The highest BCUT2D eigenvalue weighted by atomic mass is 16.5. The molecule has 3 aromatic rings. The highest BCUT2D eigenvalue weighted by Gasteiger charge is 2.36. The SMILES string of the molecule is CCCC(c1ccccc1)(c1ccc(OC(=C2CCC2)C(C)(C)C)cc1)c1ccc(OC(C)(C)C)cc1. The predicted molar refractivity (Wildman–Crippen MR) is 155 cm³/mol. The van der Waals surface area contributed by atoms with E-state index in [-0.39, 0.29) is 16.4 Å². The third kappa shape index (κ3) is 6.12. The van der Waals surface area contributed by atoms with Gasteiger partial charge < -0.3 is 9.47 Å². The first-order valence-corrected chi connectivity index (χ1v) is 13.9. The van der Waals surface area contributed by atoms with Crippen LogP contribution in [0.2, 0.25) is 0 Å². The molecule has 1 fully saturated rings. The lowest BCUT2D eigenvalue weighted by atomic mass is 9.67. The van der Waals surface area contributed by atoms with E-state index in [0.29, 0.717) is 0 Å². The van der Waals surface area contributed by atoms with E-state index in [0.717, 1.165) is 42.9 Å². The van der Waals surface area contributed by atoms with Gasteiger partial charge in [0.05, 0.1) is 0 Å². The van der Waals surface area contributed by atoms with E-state index in [1.54, 1.807) is 0 Å². The molecule has 1 aliphatic carbocycles. The molecule has 37 heavy (non-hydrogen) atoms. The largest absolute Gasteiger partial charge is 0.488 e. The maximum absolute atomic E-state index is 6.55. The molecule has 2 heteroatoms. The molecular weight excluding hydrogens is 452 g/mol. The average molecular weight is 497 g/mol. The minimum absolute atomic E-state index is 0.00129. The monoisotopic (exact) mass is 496 g/mol. The topological polar surface area (TPSA) is 18.5 Å². The summed E-state index contributed by atoms with van der Waals surface area (Å²) in [6.07, 6.45) is 5.66. The van der Waals surface area contributed by atoms with E-state index >= 15 is 0 Å². The zero-order valence-electron chi connectivity index (χ0n) is 23.9. The van der Waals surface area contributed by atoms with Gasteiger partial charge >= 0.3 is 0 Å². The zero-order valence-corrected chi connectivity index (χ0v) is 23.9. The fourth-order valence-electron chi connectivity index (χ4n) is 5.45. The van der Waals surface area contributed by atoms with Crippen molar-refractivity contribution in [3.63, 3.8) is 0 Å². The van der Waals surface area contributed by atoms with Crippen LogP contribution in [0.25, 0.3) is 0 Å². The van der Waals surface area contributed by atoms with Crippen molar-refractivity contribution in [3.8, 4) is 11.5 Å². The lowest BCUT2D eigenvalue weighted by Crippen LogP contribution is -2.29. The molecule has 1 aliphatic rings. The van der Waals surface area contributed by atoms with Crippen molar-refractivity contribution < 1.29 is 9.47 Å². The molecule has 1 saturated carbocycles. The van der Waals surface area contributed by atoms with Gasteiger partial charge in [-0.2, -0.15) is 0 Å². The van der Waals surface area contributed by atoms with Gasteiger partial charge in [-0.25, -0.2) is 0 Å². The molecule has 196 valence electrons. The van der Waals surface area contributed by atoms with Crippen molar-refractivity contribution in [2.45, 2.75) is 91.6 Å². The van der Waals surface area contributed by atoms with Gasteiger partial charge in [0.1, 0.15) is 22.9 Å². The molecule has 0 spiro atoms. The normalized spacial score (nSPS) is 15.5. The van der Waals surface area contributed by atoms with Crippen molar-refractivity contribution in [2.75, 3.05) is 0 Å². The van der Waals surface area contributed by atoms with E-state index in [1.807, 2.05) is 0 Å². The Kier molecular flexibility index (Phi) is 7.88. The van der Waals surface area contributed by atoms with E-state index in [1.165, 1.54) is 28.7 Å². The minimum Gasteiger partial charge on any atom is -0.488 e. The molecule has 3 aromatic carbocycles. The Morgan fingerprint density at radius 3 is 1.62 bits per heavy atom. The van der Waals surface area contributed by atoms with Crippen molar-refractivity contribution in [2.24, 2.45) is 5.41 Å². The first kappa shape index (κ1) is 27.0. The van der Waals surface area contributed by atoms with Gasteiger partial charge in [0.25, 0.3) is 0 Å². The maximum Gasteiger partial charge on any atom is 0.126 e. The summed E-state index contributed by atoms with van der Waals surface area (Å²) >= 11 is 0. The van der Waals surface area contributed by atoms with Gasteiger partial charge in [0.2, 0.25) is 0 Å². The molecular formula is C35H44O2. The average Bonchev–Trinajstić information content (AvgIpc) is 2.81. The summed E-state index contributed by atoms with van der Waals surface area (Å²) in [5.41, 5.74) is 4.86. The number of hydrogen-bond donors (Lipinski definition) is 0. The summed E-state index contributed by atoms with van der Waals surface area (Å²) in [7, 11) is 0. The van der Waals surface area contributed by atoms with Crippen LogP contribution in [0, 0.1) is 5.41 Å². The van der Waals surface area contributed by atoms with E-state index in [4.69, 9.17) is 9.47 Å². The Balaban J connectivity index is 1.76. The quantitative estimate of drug-likeness (QED) is 0.228. The van der Waals surface area contributed by atoms with Crippen LogP contribution in [0.3, 0.4) is 0 Å². The maximum atomic E-state index is 6.55. The van der Waals surface area contributed by atoms with E-state index in [9.17, 15) is 0 Å². The van der Waals surface area contributed by atoms with Gasteiger partial charge in [-0.3, -0.25) is 0 Å². The summed E-state index contributed by atoms with van der Waals surface area (Å²) < 4.78 is 12.7. The van der Waals surface area contributed by atoms with Crippen LogP contribution in [0.4, 0.5) is 0 Å². The Morgan fingerprint density at radius 2 is 1.19 bits per heavy atom. The second kappa shape index (κ2) is 10.8. The molecule has 0 bridgehead atoms. The van der Waals surface area contributed by atoms with Crippen molar-refractivity contribution in [1.82, 2.24) is 0 Å². The van der Waals surface area contributed by atoms with Crippen LogP contribution in [-0.4, -0.2) is 5.60 Å². The molecule has 0 N–H and O–H groups in total. The van der Waals surface area contributed by atoms with Crippen LogP contribution in [0.15, 0.2) is 90.2 Å². The van der Waals surface area contributed by atoms with Crippen molar-refractivity contribution in [3.05, 3.63) is 107 Å². The predicted octanol–water partition coefficient (Wildman–Crippen LogP) is 9.86. The lowest BCUT2D eigenvalue weighted by molar-refractivity contribution is 0.131. The van der Waals surface area contributed by atoms with Crippen molar-refractivity contribution in [1.29, 1.82) is 0 Å². The zero-order chi connectivity index (χ0) is 26.7. The van der Waals surface area contributed by atoms with Gasteiger partial charge in [-0.1, -0.05) is 88.7 Å². The van der Waals surface area contributed by atoms with Gasteiger partial charge in [0, 0.05) is 10.8 Å². The first-order chi connectivity index (χ1) is 17.5. The third-order valence-corrected chi connectivity index (χ3v) is 7.19. The molecule has 2 nitrogen and oxygen atoms in total. The molecule has 1 atom stereocenters. The molecule has 0 amide bonds. The number of ether oxygens (including phenoxy) is 2. The molecule has 4 rings (SSSR count). The number of rotatable bonds is 8. The fraction of sp³-hybridized carbons (Fsp3) is 0.429. The standard InChI is InChI=1S/C35H44O2/c1-8-25-35(27-15-10-9-11-16-27,29-19-23-31(24-20-29)37-34(5,6)7)28-17-21-30(22-18-28)36-32(33(2,3)4)26-13-12-14-26/h9-11,15-24H,8,12-14,25H2,1-7H3. The Hall–Kier alpha value is -3.00.